The molecule has 0 saturated heterocycles. The van der Waals surface area contributed by atoms with Crippen LogP contribution in [0.25, 0.3) is 5.65 Å². The molecule has 0 aromatic carbocycles. The number of aryl methyl sites for hydroxylation is 4. The third kappa shape index (κ3) is 4.01. The van der Waals surface area contributed by atoms with Crippen LogP contribution in [0.15, 0.2) is 16.9 Å². The van der Waals surface area contributed by atoms with E-state index in [2.05, 4.69) is 34.3 Å². The van der Waals surface area contributed by atoms with Crippen LogP contribution < -0.4 is 11.0 Å². The number of carbonyl (C=O) groups is 1. The predicted octanol–water partition coefficient (Wildman–Crippen LogP) is 1.89. The number of hydrogen-bond donors (Lipinski definition) is 1. The summed E-state index contributed by atoms with van der Waals surface area (Å²) in [7, 11) is 0. The summed E-state index contributed by atoms with van der Waals surface area (Å²) >= 11 is 0. The van der Waals surface area contributed by atoms with Gasteiger partial charge in [-0.25, -0.2) is 19.0 Å². The lowest BCUT2D eigenvalue weighted by molar-refractivity contribution is 0.0927. The van der Waals surface area contributed by atoms with Crippen molar-refractivity contribution in [3.63, 3.8) is 0 Å². The first kappa shape index (κ1) is 20.3. The molecule has 1 N–H and O–H groups in total. The normalized spacial score (nSPS) is 16.6. The van der Waals surface area contributed by atoms with Crippen LogP contribution in [-0.4, -0.2) is 40.9 Å². The first-order valence-corrected chi connectivity index (χ1v) is 10.6. The molecule has 3 aromatic heterocycles. The topological polar surface area (TPSA) is 99.1 Å². The number of hydrogen-bond acceptors (Lipinski definition) is 5. The van der Waals surface area contributed by atoms with Crippen molar-refractivity contribution in [1.82, 2.24) is 34.3 Å². The average molecular weight is 412 g/mol. The number of aromatic nitrogens is 6. The Labute approximate surface area is 175 Å². The Hall–Kier alpha value is -2.97. The maximum Gasteiger partial charge on any atom is 0.345 e. The Morgan fingerprint density at radius 3 is 2.80 bits per heavy atom. The second-order valence-corrected chi connectivity index (χ2v) is 8.59. The third-order valence-electron chi connectivity index (χ3n) is 5.64. The first-order chi connectivity index (χ1) is 14.3. The summed E-state index contributed by atoms with van der Waals surface area (Å²) in [5, 5.41) is 12.0. The number of nitrogens with zero attached hydrogens (tertiary/aromatic N) is 6. The summed E-state index contributed by atoms with van der Waals surface area (Å²) in [5.41, 5.74) is 2.80. The highest BCUT2D eigenvalue weighted by atomic mass is 16.2. The van der Waals surface area contributed by atoms with Gasteiger partial charge >= 0.3 is 5.69 Å². The zero-order valence-electron chi connectivity index (χ0n) is 18.1. The Kier molecular flexibility index (Phi) is 5.44. The van der Waals surface area contributed by atoms with E-state index in [4.69, 9.17) is 0 Å². The standard InChI is InChI=1S/C21H29N7O2/c1-13(2)7-10-27-21(30)26-9-8-16(5-6-18(26)25-27)23-20(29)17-12-19-22-14(3)11-15(4)28(19)24-17/h11-13,16H,5-10H2,1-4H3,(H,23,29). The smallest absolute Gasteiger partial charge is 0.345 e. The molecule has 1 atom stereocenters. The molecule has 0 aliphatic carbocycles. The Morgan fingerprint density at radius 2 is 2.03 bits per heavy atom. The molecule has 0 saturated carbocycles. The Balaban J connectivity index is 1.43. The van der Waals surface area contributed by atoms with Crippen LogP contribution in [0.2, 0.25) is 0 Å². The second-order valence-electron chi connectivity index (χ2n) is 8.59. The largest absolute Gasteiger partial charge is 0.348 e. The fourth-order valence-corrected chi connectivity index (χ4v) is 3.96. The van der Waals surface area contributed by atoms with Gasteiger partial charge in [0.1, 0.15) is 5.82 Å². The van der Waals surface area contributed by atoms with E-state index in [1.54, 1.807) is 19.8 Å². The fourth-order valence-electron chi connectivity index (χ4n) is 3.96. The minimum atomic E-state index is -0.212. The zero-order valence-corrected chi connectivity index (χ0v) is 18.1. The van der Waals surface area contributed by atoms with Crippen molar-refractivity contribution in [2.24, 2.45) is 5.92 Å². The van der Waals surface area contributed by atoms with Gasteiger partial charge in [-0.15, -0.1) is 0 Å². The van der Waals surface area contributed by atoms with Gasteiger partial charge in [-0.3, -0.25) is 9.36 Å². The Morgan fingerprint density at radius 1 is 1.23 bits per heavy atom. The van der Waals surface area contributed by atoms with Crippen LogP contribution in [0.3, 0.4) is 0 Å². The summed E-state index contributed by atoms with van der Waals surface area (Å²) in [6.45, 7) is 9.35. The van der Waals surface area contributed by atoms with Crippen LogP contribution in [0.4, 0.5) is 0 Å². The lowest BCUT2D eigenvalue weighted by Crippen LogP contribution is -2.36. The van der Waals surface area contributed by atoms with Crippen molar-refractivity contribution in [2.75, 3.05) is 0 Å². The molecule has 1 amide bonds. The molecule has 0 spiro atoms. The van der Waals surface area contributed by atoms with E-state index < -0.39 is 0 Å². The highest BCUT2D eigenvalue weighted by molar-refractivity contribution is 5.93. The average Bonchev–Trinajstić information content (AvgIpc) is 3.17. The van der Waals surface area contributed by atoms with E-state index in [0.717, 1.165) is 30.1 Å². The molecule has 3 aromatic rings. The lowest BCUT2D eigenvalue weighted by Gasteiger charge is -2.15. The van der Waals surface area contributed by atoms with E-state index in [9.17, 15) is 9.59 Å². The zero-order chi connectivity index (χ0) is 21.4. The molecule has 9 heteroatoms. The van der Waals surface area contributed by atoms with Gasteiger partial charge in [-0.2, -0.15) is 10.2 Å². The van der Waals surface area contributed by atoms with E-state index in [1.165, 1.54) is 0 Å². The number of fused-ring (bicyclic) bond motifs is 2. The van der Waals surface area contributed by atoms with Crippen LogP contribution in [0.5, 0.6) is 0 Å². The second kappa shape index (κ2) is 8.04. The third-order valence-corrected chi connectivity index (χ3v) is 5.64. The van der Waals surface area contributed by atoms with Crippen molar-refractivity contribution in [3.8, 4) is 0 Å². The maximum atomic E-state index is 12.8. The van der Waals surface area contributed by atoms with Gasteiger partial charge in [0.25, 0.3) is 5.91 Å². The quantitative estimate of drug-likeness (QED) is 0.691. The van der Waals surface area contributed by atoms with Crippen molar-refractivity contribution >= 4 is 11.6 Å². The molecule has 160 valence electrons. The van der Waals surface area contributed by atoms with Gasteiger partial charge in [-0.05, 0) is 45.1 Å². The highest BCUT2D eigenvalue weighted by Crippen LogP contribution is 2.14. The molecule has 0 fully saturated rings. The van der Waals surface area contributed by atoms with E-state index in [-0.39, 0.29) is 17.6 Å². The highest BCUT2D eigenvalue weighted by Gasteiger charge is 2.23. The van der Waals surface area contributed by atoms with Gasteiger partial charge in [-0.1, -0.05) is 13.8 Å². The van der Waals surface area contributed by atoms with E-state index in [0.29, 0.717) is 43.2 Å². The summed E-state index contributed by atoms with van der Waals surface area (Å²) in [6, 6.07) is 3.62. The molecule has 1 unspecified atom stereocenters. The van der Waals surface area contributed by atoms with Gasteiger partial charge in [0.2, 0.25) is 0 Å². The van der Waals surface area contributed by atoms with Gasteiger partial charge in [0, 0.05) is 43.0 Å². The maximum absolute atomic E-state index is 12.8. The minimum absolute atomic E-state index is 0.0247. The van der Waals surface area contributed by atoms with Crippen LogP contribution in [0.1, 0.15) is 60.8 Å². The minimum Gasteiger partial charge on any atom is -0.348 e. The molecule has 30 heavy (non-hydrogen) atoms. The van der Waals surface area contributed by atoms with Crippen molar-refractivity contribution in [3.05, 3.63) is 45.5 Å². The van der Waals surface area contributed by atoms with Crippen LogP contribution in [0, 0.1) is 19.8 Å². The van der Waals surface area contributed by atoms with Crippen molar-refractivity contribution in [2.45, 2.75) is 72.5 Å². The lowest BCUT2D eigenvalue weighted by atomic mass is 10.1. The number of carbonyl (C=O) groups excluding carboxylic acids is 1. The molecule has 1 aliphatic rings. The molecular weight excluding hydrogens is 382 g/mol. The molecule has 1 aliphatic heterocycles. The van der Waals surface area contributed by atoms with Crippen LogP contribution >= 0.6 is 0 Å². The first-order valence-electron chi connectivity index (χ1n) is 10.6. The summed E-state index contributed by atoms with van der Waals surface area (Å²) in [5.74, 6) is 1.13. The van der Waals surface area contributed by atoms with E-state index >= 15 is 0 Å². The van der Waals surface area contributed by atoms with Gasteiger partial charge < -0.3 is 5.32 Å². The van der Waals surface area contributed by atoms with Crippen LogP contribution in [-0.2, 0) is 19.5 Å². The summed E-state index contributed by atoms with van der Waals surface area (Å²) in [4.78, 5) is 29.9. The van der Waals surface area contributed by atoms with Crippen molar-refractivity contribution < 1.29 is 4.79 Å². The van der Waals surface area contributed by atoms with Gasteiger partial charge in [0.05, 0.1) is 0 Å². The molecule has 0 radical (unpaired) electrons. The van der Waals surface area contributed by atoms with Gasteiger partial charge in [0.15, 0.2) is 11.3 Å². The molecule has 4 rings (SSSR count). The Bertz CT molecular complexity index is 1140. The molecule has 4 heterocycles. The molecule has 0 bridgehead atoms. The summed E-state index contributed by atoms with van der Waals surface area (Å²) < 4.78 is 5.03. The van der Waals surface area contributed by atoms with Crippen molar-refractivity contribution in [1.29, 1.82) is 0 Å². The number of amides is 1. The monoisotopic (exact) mass is 411 g/mol. The fraction of sp³-hybridized carbons (Fsp3) is 0.571. The number of nitrogens with one attached hydrogen (secondary N) is 1. The summed E-state index contributed by atoms with van der Waals surface area (Å²) in [6.07, 6.45) is 3.04. The molecule has 9 nitrogen and oxygen atoms in total. The predicted molar refractivity (Wildman–Crippen MR) is 113 cm³/mol. The SMILES string of the molecule is Cc1cc(C)n2nc(C(=O)NC3CCc4nn(CCC(C)C)c(=O)n4CC3)cc2n1. The van der Waals surface area contributed by atoms with E-state index in [1.807, 2.05) is 19.9 Å². The molecular formula is C21H29N7O2. The number of rotatable bonds is 5.